The van der Waals surface area contributed by atoms with Crippen LogP contribution in [0.2, 0.25) is 5.02 Å². The van der Waals surface area contributed by atoms with Gasteiger partial charge in [0.05, 0.1) is 16.7 Å². The van der Waals surface area contributed by atoms with Gasteiger partial charge < -0.3 is 4.57 Å². The molecule has 36 heavy (non-hydrogen) atoms. The summed E-state index contributed by atoms with van der Waals surface area (Å²) in [5.74, 6) is 0. The molecule has 0 saturated carbocycles. The van der Waals surface area contributed by atoms with E-state index in [0.29, 0.717) is 0 Å². The lowest BCUT2D eigenvalue weighted by molar-refractivity contribution is 1.19. The molecular weight excluding hydrogens is 458 g/mol. The molecule has 6 aromatic carbocycles. The molecule has 0 spiro atoms. The van der Waals surface area contributed by atoms with E-state index >= 15 is 0 Å². The smallest absolute Gasteiger partial charge is 0.0547 e. The third-order valence-corrected chi connectivity index (χ3v) is 7.29. The average molecular weight is 480 g/mol. The first kappa shape index (κ1) is 21.0. The second-order valence-corrected chi connectivity index (χ2v) is 9.57. The summed E-state index contributed by atoms with van der Waals surface area (Å²) in [6, 6.07) is 47.4. The quantitative estimate of drug-likeness (QED) is 0.237. The standard InChI is InChI=1S/C34H22ClN/c35-27-10-7-9-26(22-27)23-16-18-25(19-17-23)34-28-11-2-1-8-24(28)20-21-33(34)36-31-14-5-3-12-29(31)30-13-4-6-15-32(30)36/h1-22H. The van der Waals surface area contributed by atoms with Crippen molar-refractivity contribution in [2.24, 2.45) is 0 Å². The van der Waals surface area contributed by atoms with Crippen LogP contribution in [0.1, 0.15) is 0 Å². The molecule has 0 N–H and O–H groups in total. The summed E-state index contributed by atoms with van der Waals surface area (Å²) < 4.78 is 2.41. The summed E-state index contributed by atoms with van der Waals surface area (Å²) in [5.41, 5.74) is 8.30. The molecule has 0 unspecified atom stereocenters. The van der Waals surface area contributed by atoms with Crippen LogP contribution in [0, 0.1) is 0 Å². The minimum Gasteiger partial charge on any atom is -0.309 e. The molecule has 0 radical (unpaired) electrons. The lowest BCUT2D eigenvalue weighted by Crippen LogP contribution is -1.98. The Balaban J connectivity index is 1.52. The first-order valence-electron chi connectivity index (χ1n) is 12.1. The summed E-state index contributed by atoms with van der Waals surface area (Å²) in [4.78, 5) is 0. The van der Waals surface area contributed by atoms with Crippen molar-refractivity contribution in [1.82, 2.24) is 4.57 Å². The van der Waals surface area contributed by atoms with Gasteiger partial charge in [0.25, 0.3) is 0 Å². The summed E-state index contributed by atoms with van der Waals surface area (Å²) in [7, 11) is 0. The van der Waals surface area contributed by atoms with Gasteiger partial charge in [-0.2, -0.15) is 0 Å². The summed E-state index contributed by atoms with van der Waals surface area (Å²) in [5, 5.41) is 5.76. The second-order valence-electron chi connectivity index (χ2n) is 9.14. The van der Waals surface area contributed by atoms with Gasteiger partial charge >= 0.3 is 0 Å². The molecule has 0 atom stereocenters. The topological polar surface area (TPSA) is 4.93 Å². The highest BCUT2D eigenvalue weighted by Gasteiger charge is 2.17. The Kier molecular flexibility index (Phi) is 4.90. The van der Waals surface area contributed by atoms with Crippen LogP contribution in [-0.4, -0.2) is 4.57 Å². The number of halogens is 1. The highest BCUT2D eigenvalue weighted by molar-refractivity contribution is 6.30. The molecule has 0 fully saturated rings. The molecule has 7 rings (SSSR count). The number of hydrogen-bond donors (Lipinski definition) is 0. The van der Waals surface area contributed by atoms with Crippen molar-refractivity contribution in [2.45, 2.75) is 0 Å². The molecule has 7 aromatic rings. The molecule has 170 valence electrons. The normalized spacial score (nSPS) is 11.5. The molecule has 1 nitrogen and oxygen atoms in total. The van der Waals surface area contributed by atoms with E-state index in [1.54, 1.807) is 0 Å². The molecule has 0 saturated heterocycles. The van der Waals surface area contributed by atoms with Crippen LogP contribution in [0.5, 0.6) is 0 Å². The fraction of sp³-hybridized carbons (Fsp3) is 0. The molecule has 1 aromatic heterocycles. The fourth-order valence-electron chi connectivity index (χ4n) is 5.43. The van der Waals surface area contributed by atoms with Gasteiger partial charge in [-0.1, -0.05) is 115 Å². The lowest BCUT2D eigenvalue weighted by Gasteiger charge is -2.17. The van der Waals surface area contributed by atoms with E-state index < -0.39 is 0 Å². The van der Waals surface area contributed by atoms with Crippen molar-refractivity contribution < 1.29 is 0 Å². The third-order valence-electron chi connectivity index (χ3n) is 7.06. The number of fused-ring (bicyclic) bond motifs is 4. The minimum atomic E-state index is 0.749. The minimum absolute atomic E-state index is 0.749. The van der Waals surface area contributed by atoms with Crippen LogP contribution in [0.15, 0.2) is 133 Å². The van der Waals surface area contributed by atoms with Crippen LogP contribution >= 0.6 is 11.6 Å². The van der Waals surface area contributed by atoms with Gasteiger partial charge in [0.15, 0.2) is 0 Å². The first-order valence-corrected chi connectivity index (χ1v) is 12.5. The number of rotatable bonds is 3. The predicted octanol–water partition coefficient (Wildman–Crippen LogP) is 9.92. The van der Waals surface area contributed by atoms with Gasteiger partial charge in [-0.25, -0.2) is 0 Å². The van der Waals surface area contributed by atoms with Crippen LogP contribution in [0.3, 0.4) is 0 Å². The van der Waals surface area contributed by atoms with Crippen molar-refractivity contribution in [3.8, 4) is 27.9 Å². The van der Waals surface area contributed by atoms with E-state index in [0.717, 1.165) is 16.1 Å². The van der Waals surface area contributed by atoms with Crippen molar-refractivity contribution in [3.63, 3.8) is 0 Å². The average Bonchev–Trinajstić information content (AvgIpc) is 3.27. The Morgan fingerprint density at radius 2 is 1.06 bits per heavy atom. The molecule has 0 aliphatic carbocycles. The molecule has 2 heteroatoms. The zero-order chi connectivity index (χ0) is 24.1. The monoisotopic (exact) mass is 479 g/mol. The van der Waals surface area contributed by atoms with Gasteiger partial charge in [-0.15, -0.1) is 0 Å². The Morgan fingerprint density at radius 1 is 0.444 bits per heavy atom. The van der Waals surface area contributed by atoms with Gasteiger partial charge in [0, 0.05) is 21.4 Å². The highest BCUT2D eigenvalue weighted by atomic mass is 35.5. The zero-order valence-corrected chi connectivity index (χ0v) is 20.3. The van der Waals surface area contributed by atoms with Crippen molar-refractivity contribution in [1.29, 1.82) is 0 Å². The van der Waals surface area contributed by atoms with Crippen LogP contribution < -0.4 is 0 Å². The molecule has 1 heterocycles. The van der Waals surface area contributed by atoms with E-state index in [-0.39, 0.29) is 0 Å². The molecule has 0 aliphatic heterocycles. The SMILES string of the molecule is Clc1cccc(-c2ccc(-c3c(-n4c5ccccc5c5ccccc54)ccc4ccccc34)cc2)c1. The summed E-state index contributed by atoms with van der Waals surface area (Å²) in [6.07, 6.45) is 0. The summed E-state index contributed by atoms with van der Waals surface area (Å²) >= 11 is 6.26. The van der Waals surface area contributed by atoms with Gasteiger partial charge in [-0.05, 0) is 57.8 Å². The third kappa shape index (κ3) is 3.32. The maximum atomic E-state index is 6.26. The lowest BCUT2D eigenvalue weighted by atomic mass is 9.94. The van der Waals surface area contributed by atoms with Gasteiger partial charge in [0.1, 0.15) is 0 Å². The zero-order valence-electron chi connectivity index (χ0n) is 19.5. The van der Waals surface area contributed by atoms with E-state index in [4.69, 9.17) is 11.6 Å². The number of para-hydroxylation sites is 2. The van der Waals surface area contributed by atoms with Crippen LogP contribution in [0.25, 0.3) is 60.5 Å². The van der Waals surface area contributed by atoms with E-state index in [9.17, 15) is 0 Å². The second kappa shape index (κ2) is 8.41. The fourth-order valence-corrected chi connectivity index (χ4v) is 5.62. The predicted molar refractivity (Wildman–Crippen MR) is 154 cm³/mol. The van der Waals surface area contributed by atoms with Crippen molar-refractivity contribution >= 4 is 44.2 Å². The number of hydrogen-bond acceptors (Lipinski definition) is 0. The largest absolute Gasteiger partial charge is 0.309 e. The van der Waals surface area contributed by atoms with E-state index in [1.165, 1.54) is 49.4 Å². The maximum Gasteiger partial charge on any atom is 0.0547 e. The maximum absolute atomic E-state index is 6.26. The molecular formula is C34H22ClN. The Hall–Kier alpha value is -4.33. The Bertz CT molecular complexity index is 1840. The van der Waals surface area contributed by atoms with Crippen LogP contribution in [0.4, 0.5) is 0 Å². The van der Waals surface area contributed by atoms with E-state index in [1.807, 2.05) is 18.2 Å². The first-order chi connectivity index (χ1) is 17.8. The Morgan fingerprint density at radius 3 is 1.75 bits per heavy atom. The number of benzene rings is 6. The molecule has 0 aliphatic rings. The van der Waals surface area contributed by atoms with Crippen LogP contribution in [-0.2, 0) is 0 Å². The van der Waals surface area contributed by atoms with Crippen molar-refractivity contribution in [3.05, 3.63) is 138 Å². The number of nitrogens with zero attached hydrogens (tertiary/aromatic N) is 1. The van der Waals surface area contributed by atoms with Crippen molar-refractivity contribution in [2.75, 3.05) is 0 Å². The Labute approximate surface area is 214 Å². The summed E-state index contributed by atoms with van der Waals surface area (Å²) in [6.45, 7) is 0. The van der Waals surface area contributed by atoms with E-state index in [2.05, 4.69) is 120 Å². The molecule has 0 bridgehead atoms. The van der Waals surface area contributed by atoms with Gasteiger partial charge in [-0.3, -0.25) is 0 Å². The van der Waals surface area contributed by atoms with Gasteiger partial charge in [0.2, 0.25) is 0 Å². The highest BCUT2D eigenvalue weighted by Crippen LogP contribution is 2.40. The molecule has 0 amide bonds. The number of aromatic nitrogens is 1.